The summed E-state index contributed by atoms with van der Waals surface area (Å²) in [5, 5.41) is 1.09. The Morgan fingerprint density at radius 1 is 0.432 bits per heavy atom. The third-order valence-electron chi connectivity index (χ3n) is 7.97. The van der Waals surface area contributed by atoms with Crippen molar-refractivity contribution in [1.29, 1.82) is 0 Å². The molecule has 5 heteroatoms. The van der Waals surface area contributed by atoms with E-state index in [9.17, 15) is 0 Å². The van der Waals surface area contributed by atoms with E-state index in [0.29, 0.717) is 5.82 Å². The monoisotopic (exact) mass is 565 g/mol. The summed E-state index contributed by atoms with van der Waals surface area (Å²) in [6, 6.07) is 49.9. The van der Waals surface area contributed by atoms with Gasteiger partial charge in [-0.2, -0.15) is 0 Å². The highest BCUT2D eigenvalue weighted by atomic mass is 15.1. The van der Waals surface area contributed by atoms with Gasteiger partial charge in [0.15, 0.2) is 5.82 Å². The molecule has 0 atom stereocenters. The van der Waals surface area contributed by atoms with Crippen LogP contribution >= 0.6 is 0 Å². The number of pyridine rings is 1. The maximum Gasteiger partial charge on any atom is 0.179 e. The Labute approximate surface area is 255 Å². The maximum absolute atomic E-state index is 5.01. The second-order valence-corrected chi connectivity index (χ2v) is 10.8. The van der Waals surface area contributed by atoms with Gasteiger partial charge in [-0.1, -0.05) is 103 Å². The largest absolute Gasteiger partial charge is 0.297 e. The normalized spacial score (nSPS) is 11.3. The number of aryl methyl sites for hydroxylation is 1. The van der Waals surface area contributed by atoms with Crippen molar-refractivity contribution in [1.82, 2.24) is 24.5 Å². The van der Waals surface area contributed by atoms with E-state index in [1.165, 1.54) is 0 Å². The fourth-order valence-corrected chi connectivity index (χ4v) is 5.77. The van der Waals surface area contributed by atoms with Gasteiger partial charge in [-0.25, -0.2) is 19.9 Å². The van der Waals surface area contributed by atoms with E-state index in [1.54, 1.807) is 0 Å². The van der Waals surface area contributed by atoms with Gasteiger partial charge in [-0.15, -0.1) is 0 Å². The van der Waals surface area contributed by atoms with Crippen molar-refractivity contribution in [2.75, 3.05) is 0 Å². The smallest absolute Gasteiger partial charge is 0.179 e. The lowest BCUT2D eigenvalue weighted by molar-refractivity contribution is 1.00. The highest BCUT2D eigenvalue weighted by Crippen LogP contribution is 2.31. The predicted molar refractivity (Wildman–Crippen MR) is 178 cm³/mol. The number of imidazole rings is 1. The van der Waals surface area contributed by atoms with Crippen LogP contribution in [0.15, 0.2) is 146 Å². The van der Waals surface area contributed by atoms with Gasteiger partial charge in [-0.05, 0) is 60.5 Å². The van der Waals surface area contributed by atoms with Gasteiger partial charge in [0.25, 0.3) is 0 Å². The van der Waals surface area contributed by atoms with Crippen molar-refractivity contribution >= 4 is 21.9 Å². The van der Waals surface area contributed by atoms with Crippen molar-refractivity contribution in [2.24, 2.45) is 0 Å². The summed E-state index contributed by atoms with van der Waals surface area (Å²) >= 11 is 0. The second kappa shape index (κ2) is 10.7. The van der Waals surface area contributed by atoms with Crippen LogP contribution in [0, 0.1) is 6.92 Å². The third-order valence-corrected chi connectivity index (χ3v) is 7.97. The minimum atomic E-state index is 0.603. The fourth-order valence-electron chi connectivity index (χ4n) is 5.77. The molecule has 0 bridgehead atoms. The van der Waals surface area contributed by atoms with Gasteiger partial charge in [-0.3, -0.25) is 4.57 Å². The van der Waals surface area contributed by atoms with Gasteiger partial charge >= 0.3 is 0 Å². The predicted octanol–water partition coefficient (Wildman–Crippen LogP) is 9.34. The average molecular weight is 566 g/mol. The number of rotatable bonds is 5. The Morgan fingerprint density at radius 3 is 1.84 bits per heavy atom. The van der Waals surface area contributed by atoms with Gasteiger partial charge in [0.05, 0.1) is 27.9 Å². The first kappa shape index (κ1) is 25.7. The summed E-state index contributed by atoms with van der Waals surface area (Å²) in [6.07, 6.45) is 0. The molecule has 0 aliphatic heterocycles. The summed E-state index contributed by atoms with van der Waals surface area (Å²) in [7, 11) is 0. The van der Waals surface area contributed by atoms with Crippen molar-refractivity contribution in [2.45, 2.75) is 6.92 Å². The zero-order valence-corrected chi connectivity index (χ0v) is 24.1. The Kier molecular flexibility index (Phi) is 6.27. The first-order valence-electron chi connectivity index (χ1n) is 14.7. The molecule has 3 aromatic heterocycles. The number of fused-ring (bicyclic) bond motifs is 2. The lowest BCUT2D eigenvalue weighted by atomic mass is 10.0. The van der Waals surface area contributed by atoms with Gasteiger partial charge < -0.3 is 0 Å². The molecule has 0 saturated carbocycles. The van der Waals surface area contributed by atoms with Gasteiger partial charge in [0.1, 0.15) is 11.5 Å². The van der Waals surface area contributed by atoms with Crippen LogP contribution < -0.4 is 0 Å². The fraction of sp³-hybridized carbons (Fsp3) is 0.0256. The van der Waals surface area contributed by atoms with Crippen molar-refractivity contribution < 1.29 is 0 Å². The number of aromatic nitrogens is 5. The van der Waals surface area contributed by atoms with Crippen LogP contribution in [0.1, 0.15) is 5.82 Å². The number of nitrogens with zero attached hydrogens (tertiary/aromatic N) is 5. The summed E-state index contributed by atoms with van der Waals surface area (Å²) in [5.74, 6) is 1.57. The quantitative estimate of drug-likeness (QED) is 0.209. The SMILES string of the molecule is Cc1nc2ccc(-c3ccc(-c4cc(-c5ccccc5)nc(-c5ccc6ccccc6n5)n4)cc3)cc2n1-c1ccccc1. The molecular formula is C39H27N5. The molecule has 0 radical (unpaired) electrons. The summed E-state index contributed by atoms with van der Waals surface area (Å²) in [5.41, 5.74) is 10.9. The number of hydrogen-bond donors (Lipinski definition) is 0. The molecule has 0 N–H and O–H groups in total. The van der Waals surface area contributed by atoms with E-state index in [-0.39, 0.29) is 0 Å². The summed E-state index contributed by atoms with van der Waals surface area (Å²) in [4.78, 5) is 19.7. The average Bonchev–Trinajstić information content (AvgIpc) is 3.43. The molecule has 0 spiro atoms. The van der Waals surface area contributed by atoms with Crippen LogP contribution in [0.3, 0.4) is 0 Å². The molecule has 0 fully saturated rings. The molecule has 3 heterocycles. The molecule has 0 aliphatic carbocycles. The number of benzene rings is 5. The molecule has 8 rings (SSSR count). The van der Waals surface area contributed by atoms with Crippen molar-refractivity contribution in [3.63, 3.8) is 0 Å². The summed E-state index contributed by atoms with van der Waals surface area (Å²) in [6.45, 7) is 2.05. The Balaban J connectivity index is 1.20. The van der Waals surface area contributed by atoms with Crippen LogP contribution in [0.5, 0.6) is 0 Å². The molecule has 0 saturated heterocycles. The zero-order chi connectivity index (χ0) is 29.5. The van der Waals surface area contributed by atoms with E-state index in [0.717, 1.165) is 72.8 Å². The van der Waals surface area contributed by atoms with Crippen LogP contribution in [0.25, 0.3) is 72.8 Å². The topological polar surface area (TPSA) is 56.5 Å². The Morgan fingerprint density at radius 2 is 1.07 bits per heavy atom. The molecule has 5 nitrogen and oxygen atoms in total. The van der Waals surface area contributed by atoms with Crippen LogP contribution in [-0.4, -0.2) is 24.5 Å². The van der Waals surface area contributed by atoms with Gasteiger partial charge in [0, 0.05) is 22.2 Å². The van der Waals surface area contributed by atoms with E-state index in [2.05, 4.69) is 109 Å². The maximum atomic E-state index is 5.01. The number of hydrogen-bond acceptors (Lipinski definition) is 4. The second-order valence-electron chi connectivity index (χ2n) is 10.8. The molecule has 44 heavy (non-hydrogen) atoms. The molecule has 5 aromatic carbocycles. The number of para-hydroxylation sites is 2. The first-order chi connectivity index (χ1) is 21.7. The van der Waals surface area contributed by atoms with E-state index < -0.39 is 0 Å². The van der Waals surface area contributed by atoms with E-state index in [4.69, 9.17) is 19.9 Å². The van der Waals surface area contributed by atoms with Crippen LogP contribution in [0.2, 0.25) is 0 Å². The lowest BCUT2D eigenvalue weighted by Gasteiger charge is -2.11. The van der Waals surface area contributed by atoms with Gasteiger partial charge in [0.2, 0.25) is 0 Å². The van der Waals surface area contributed by atoms with Crippen LogP contribution in [-0.2, 0) is 0 Å². The molecule has 0 aliphatic rings. The minimum absolute atomic E-state index is 0.603. The zero-order valence-electron chi connectivity index (χ0n) is 24.1. The molecule has 208 valence electrons. The third kappa shape index (κ3) is 4.71. The first-order valence-corrected chi connectivity index (χ1v) is 14.7. The standard InChI is InChI=1S/C39H27N5/c1-26-40-34-22-21-31(24-38(34)44(26)32-13-6-3-7-14-32)27-16-18-30(19-17-27)37-25-36(28-10-4-2-5-11-28)42-39(43-37)35-23-20-29-12-8-9-15-33(29)41-35/h2-25H,1H3. The highest BCUT2D eigenvalue weighted by Gasteiger charge is 2.14. The molecule has 8 aromatic rings. The molecule has 0 amide bonds. The van der Waals surface area contributed by atoms with Crippen LogP contribution in [0.4, 0.5) is 0 Å². The van der Waals surface area contributed by atoms with E-state index >= 15 is 0 Å². The molecular weight excluding hydrogens is 538 g/mol. The lowest BCUT2D eigenvalue weighted by Crippen LogP contribution is -1.97. The minimum Gasteiger partial charge on any atom is -0.297 e. The van der Waals surface area contributed by atoms with E-state index in [1.807, 2.05) is 48.5 Å². The molecule has 0 unspecified atom stereocenters. The highest BCUT2D eigenvalue weighted by molar-refractivity contribution is 5.85. The van der Waals surface area contributed by atoms with Crippen molar-refractivity contribution in [3.8, 4) is 50.8 Å². The van der Waals surface area contributed by atoms with Crippen molar-refractivity contribution in [3.05, 3.63) is 151 Å². The Bertz CT molecular complexity index is 2270. The summed E-state index contributed by atoms with van der Waals surface area (Å²) < 4.78 is 2.21. The Hall–Kier alpha value is -5.94.